The molecule has 19 heavy (non-hydrogen) atoms. The second-order valence-corrected chi connectivity index (χ2v) is 4.91. The Morgan fingerprint density at radius 2 is 1.95 bits per heavy atom. The molecule has 0 saturated heterocycles. The molecule has 3 rings (SSSR count). The van der Waals surface area contributed by atoms with Crippen molar-refractivity contribution in [3.63, 3.8) is 0 Å². The number of thiazole rings is 1. The highest BCUT2D eigenvalue weighted by molar-refractivity contribution is 7.14. The van der Waals surface area contributed by atoms with Gasteiger partial charge >= 0.3 is 0 Å². The number of rotatable bonds is 3. The van der Waals surface area contributed by atoms with Crippen molar-refractivity contribution < 1.29 is 0 Å². The molecule has 94 valence electrons. The van der Waals surface area contributed by atoms with Gasteiger partial charge in [0.25, 0.3) is 0 Å². The van der Waals surface area contributed by atoms with Crippen molar-refractivity contribution in [2.24, 2.45) is 0 Å². The van der Waals surface area contributed by atoms with Gasteiger partial charge in [-0.3, -0.25) is 0 Å². The summed E-state index contributed by atoms with van der Waals surface area (Å²) in [5.74, 6) is 0. The van der Waals surface area contributed by atoms with Gasteiger partial charge in [-0.25, -0.2) is 19.9 Å². The SMILES string of the molecule is Clc1ccc(Nc2nc(-c3cncnc3)cs2)cn1. The lowest BCUT2D eigenvalue weighted by molar-refractivity contribution is 1.16. The fourth-order valence-corrected chi connectivity index (χ4v) is 2.32. The normalized spacial score (nSPS) is 10.4. The van der Waals surface area contributed by atoms with E-state index in [2.05, 4.69) is 25.3 Å². The molecule has 0 spiro atoms. The van der Waals surface area contributed by atoms with E-state index < -0.39 is 0 Å². The Labute approximate surface area is 118 Å². The first-order valence-corrected chi connectivity index (χ1v) is 6.66. The number of hydrogen-bond acceptors (Lipinski definition) is 6. The molecule has 0 aliphatic carbocycles. The minimum atomic E-state index is 0.465. The third-order valence-electron chi connectivity index (χ3n) is 2.34. The number of nitrogens with one attached hydrogen (secondary N) is 1. The van der Waals surface area contributed by atoms with Crippen LogP contribution in [-0.4, -0.2) is 19.9 Å². The molecule has 5 nitrogen and oxygen atoms in total. The highest BCUT2D eigenvalue weighted by atomic mass is 35.5. The number of aromatic nitrogens is 4. The molecular weight excluding hydrogens is 282 g/mol. The van der Waals surface area contributed by atoms with Gasteiger partial charge in [0.2, 0.25) is 0 Å². The zero-order valence-corrected chi connectivity index (χ0v) is 11.2. The Bertz CT molecular complexity index is 668. The third kappa shape index (κ3) is 2.86. The van der Waals surface area contributed by atoms with Crippen LogP contribution in [0.25, 0.3) is 11.3 Å². The molecule has 0 bridgehead atoms. The molecular formula is C12H8ClN5S. The molecule has 0 radical (unpaired) electrons. The van der Waals surface area contributed by atoms with Crippen LogP contribution in [0.5, 0.6) is 0 Å². The lowest BCUT2D eigenvalue weighted by Crippen LogP contribution is -1.90. The first-order valence-electron chi connectivity index (χ1n) is 5.41. The highest BCUT2D eigenvalue weighted by Crippen LogP contribution is 2.26. The molecule has 1 N–H and O–H groups in total. The number of hydrogen-bond donors (Lipinski definition) is 1. The van der Waals surface area contributed by atoms with Crippen molar-refractivity contribution in [3.8, 4) is 11.3 Å². The Balaban J connectivity index is 1.80. The molecule has 0 atom stereocenters. The zero-order chi connectivity index (χ0) is 13.1. The van der Waals surface area contributed by atoms with Crippen molar-refractivity contribution in [1.29, 1.82) is 0 Å². The predicted molar refractivity (Wildman–Crippen MR) is 75.7 cm³/mol. The topological polar surface area (TPSA) is 63.6 Å². The lowest BCUT2D eigenvalue weighted by atomic mass is 10.3. The number of anilines is 2. The molecule has 3 aromatic heterocycles. The van der Waals surface area contributed by atoms with Crippen LogP contribution >= 0.6 is 22.9 Å². The van der Waals surface area contributed by atoms with E-state index in [-0.39, 0.29) is 0 Å². The largest absolute Gasteiger partial charge is 0.330 e. The molecule has 0 saturated carbocycles. The maximum absolute atomic E-state index is 5.73. The van der Waals surface area contributed by atoms with E-state index in [1.165, 1.54) is 17.7 Å². The number of nitrogens with zero attached hydrogens (tertiary/aromatic N) is 4. The van der Waals surface area contributed by atoms with Crippen LogP contribution in [0.4, 0.5) is 10.8 Å². The van der Waals surface area contributed by atoms with Crippen molar-refractivity contribution in [3.05, 3.63) is 47.6 Å². The average Bonchev–Trinajstić information content (AvgIpc) is 2.91. The van der Waals surface area contributed by atoms with Crippen molar-refractivity contribution in [2.75, 3.05) is 5.32 Å². The van der Waals surface area contributed by atoms with Crippen LogP contribution in [0.15, 0.2) is 42.4 Å². The van der Waals surface area contributed by atoms with E-state index in [4.69, 9.17) is 11.6 Å². The molecule has 0 unspecified atom stereocenters. The molecule has 3 heterocycles. The summed E-state index contributed by atoms with van der Waals surface area (Å²) in [5.41, 5.74) is 2.57. The van der Waals surface area contributed by atoms with Crippen LogP contribution in [-0.2, 0) is 0 Å². The molecule has 0 aliphatic rings. The third-order valence-corrected chi connectivity index (χ3v) is 3.32. The Morgan fingerprint density at radius 3 is 2.68 bits per heavy atom. The van der Waals surface area contributed by atoms with E-state index in [0.29, 0.717) is 5.15 Å². The lowest BCUT2D eigenvalue weighted by Gasteiger charge is -2.01. The Kier molecular flexibility index (Phi) is 3.35. The quantitative estimate of drug-likeness (QED) is 0.749. The second kappa shape index (κ2) is 5.29. The molecule has 0 amide bonds. The summed E-state index contributed by atoms with van der Waals surface area (Å²) >= 11 is 7.24. The average molecular weight is 290 g/mol. The Hall–Kier alpha value is -2.05. The minimum Gasteiger partial charge on any atom is -0.330 e. The number of pyridine rings is 1. The standard InChI is InChI=1S/C12H8ClN5S/c13-11-2-1-9(5-16-11)17-12-18-10(6-19-12)8-3-14-7-15-4-8/h1-7H,(H,17,18). The van der Waals surface area contributed by atoms with Gasteiger partial charge in [-0.1, -0.05) is 11.6 Å². The molecule has 7 heteroatoms. The van der Waals surface area contributed by atoms with Gasteiger partial charge in [-0.15, -0.1) is 11.3 Å². The van der Waals surface area contributed by atoms with Gasteiger partial charge in [-0.2, -0.15) is 0 Å². The van der Waals surface area contributed by atoms with Gasteiger partial charge < -0.3 is 5.32 Å². The zero-order valence-electron chi connectivity index (χ0n) is 9.62. The summed E-state index contributed by atoms with van der Waals surface area (Å²) in [6.07, 6.45) is 6.62. The van der Waals surface area contributed by atoms with E-state index >= 15 is 0 Å². The molecule has 0 aromatic carbocycles. The van der Waals surface area contributed by atoms with Crippen molar-refractivity contribution in [1.82, 2.24) is 19.9 Å². The smallest absolute Gasteiger partial charge is 0.187 e. The van der Waals surface area contributed by atoms with Gasteiger partial charge in [0.05, 0.1) is 17.6 Å². The Morgan fingerprint density at radius 1 is 1.11 bits per heavy atom. The van der Waals surface area contributed by atoms with Crippen molar-refractivity contribution in [2.45, 2.75) is 0 Å². The van der Waals surface area contributed by atoms with Crippen LogP contribution in [0, 0.1) is 0 Å². The van der Waals surface area contributed by atoms with Gasteiger partial charge in [-0.05, 0) is 12.1 Å². The van der Waals surface area contributed by atoms with Crippen molar-refractivity contribution >= 4 is 33.8 Å². The summed E-state index contributed by atoms with van der Waals surface area (Å²) in [5, 5.41) is 6.36. The fourth-order valence-electron chi connectivity index (χ4n) is 1.47. The monoisotopic (exact) mass is 289 g/mol. The van der Waals surface area contributed by atoms with E-state index in [1.54, 1.807) is 24.7 Å². The van der Waals surface area contributed by atoms with E-state index in [0.717, 1.165) is 22.1 Å². The van der Waals surface area contributed by atoms with Gasteiger partial charge in [0, 0.05) is 23.3 Å². The summed E-state index contributed by atoms with van der Waals surface area (Å²) in [7, 11) is 0. The van der Waals surface area contributed by atoms with Crippen LogP contribution in [0.2, 0.25) is 5.15 Å². The van der Waals surface area contributed by atoms with Crippen LogP contribution in [0.3, 0.4) is 0 Å². The van der Waals surface area contributed by atoms with Gasteiger partial charge in [0.1, 0.15) is 11.5 Å². The first-order chi connectivity index (χ1) is 9.31. The van der Waals surface area contributed by atoms with E-state index in [1.807, 2.05) is 11.4 Å². The predicted octanol–water partition coefficient (Wildman–Crippen LogP) is 3.39. The van der Waals surface area contributed by atoms with E-state index in [9.17, 15) is 0 Å². The van der Waals surface area contributed by atoms with Crippen LogP contribution < -0.4 is 5.32 Å². The summed E-state index contributed by atoms with van der Waals surface area (Å²) < 4.78 is 0. The summed E-state index contributed by atoms with van der Waals surface area (Å²) in [4.78, 5) is 16.4. The molecule has 0 fully saturated rings. The van der Waals surface area contributed by atoms with Gasteiger partial charge in [0.15, 0.2) is 5.13 Å². The minimum absolute atomic E-state index is 0.465. The fraction of sp³-hybridized carbons (Fsp3) is 0. The molecule has 0 aliphatic heterocycles. The first kappa shape index (κ1) is 12.0. The summed E-state index contributed by atoms with van der Waals surface area (Å²) in [6, 6.07) is 3.57. The molecule has 3 aromatic rings. The maximum atomic E-state index is 5.73. The second-order valence-electron chi connectivity index (χ2n) is 3.66. The number of halogens is 1. The summed E-state index contributed by atoms with van der Waals surface area (Å²) in [6.45, 7) is 0. The maximum Gasteiger partial charge on any atom is 0.187 e. The van der Waals surface area contributed by atoms with Crippen LogP contribution in [0.1, 0.15) is 0 Å². The highest BCUT2D eigenvalue weighted by Gasteiger charge is 2.05.